The molecule has 30 heavy (non-hydrogen) atoms. The van der Waals surface area contributed by atoms with Crippen molar-refractivity contribution in [2.45, 2.75) is 45.4 Å². The standard InChI is InChI=1S/C25H27N3O2/c1-17-6-4-7-18(14-17)12-13-26-24(29)20-9-5-8-19(15-20)16-23-21-10-2-3-11-22(21)25(30)28-27-23/h4-9,14-15H,2-3,10-13,16H2,1H3,(H,26,29)(H,28,30). The molecule has 4 rings (SSSR count). The molecule has 1 amide bonds. The summed E-state index contributed by atoms with van der Waals surface area (Å²) >= 11 is 0. The Morgan fingerprint density at radius 2 is 1.80 bits per heavy atom. The molecule has 0 fully saturated rings. The summed E-state index contributed by atoms with van der Waals surface area (Å²) in [5, 5.41) is 9.98. The van der Waals surface area contributed by atoms with Gasteiger partial charge in [-0.05, 0) is 67.9 Å². The van der Waals surface area contributed by atoms with Crippen LogP contribution >= 0.6 is 0 Å². The Labute approximate surface area is 176 Å². The lowest BCUT2D eigenvalue weighted by atomic mass is 9.90. The first-order chi connectivity index (χ1) is 14.6. The van der Waals surface area contributed by atoms with Gasteiger partial charge in [0.1, 0.15) is 0 Å². The number of nitrogens with zero attached hydrogens (tertiary/aromatic N) is 1. The van der Waals surface area contributed by atoms with Crippen LogP contribution in [0.1, 0.15) is 56.7 Å². The van der Waals surface area contributed by atoms with E-state index in [1.54, 1.807) is 0 Å². The molecular weight excluding hydrogens is 374 g/mol. The van der Waals surface area contributed by atoms with Gasteiger partial charge in [0, 0.05) is 24.1 Å². The van der Waals surface area contributed by atoms with Crippen LogP contribution in [0.3, 0.4) is 0 Å². The number of hydrogen-bond acceptors (Lipinski definition) is 3. The Balaban J connectivity index is 1.43. The van der Waals surface area contributed by atoms with Crippen molar-refractivity contribution >= 4 is 5.91 Å². The Kier molecular flexibility index (Phi) is 6.07. The Hall–Kier alpha value is -3.21. The molecule has 1 aliphatic rings. The maximum atomic E-state index is 12.6. The van der Waals surface area contributed by atoms with Crippen molar-refractivity contribution < 1.29 is 4.79 Å². The van der Waals surface area contributed by atoms with Crippen LogP contribution in [0.15, 0.2) is 53.3 Å². The molecule has 1 heterocycles. The molecule has 0 aliphatic heterocycles. The van der Waals surface area contributed by atoms with Gasteiger partial charge in [0.05, 0.1) is 5.69 Å². The van der Waals surface area contributed by atoms with E-state index in [4.69, 9.17) is 0 Å². The van der Waals surface area contributed by atoms with Gasteiger partial charge in [0.25, 0.3) is 11.5 Å². The van der Waals surface area contributed by atoms with Crippen molar-refractivity contribution in [3.05, 3.63) is 98.0 Å². The minimum absolute atomic E-state index is 0.0600. The third kappa shape index (κ3) is 4.67. The van der Waals surface area contributed by atoms with Crippen molar-refractivity contribution in [1.29, 1.82) is 0 Å². The monoisotopic (exact) mass is 401 g/mol. The first-order valence-electron chi connectivity index (χ1n) is 10.6. The maximum absolute atomic E-state index is 12.6. The molecule has 0 saturated carbocycles. The lowest BCUT2D eigenvalue weighted by molar-refractivity contribution is 0.0954. The minimum atomic E-state index is -0.0686. The molecule has 3 aromatic rings. The van der Waals surface area contributed by atoms with Crippen LogP contribution < -0.4 is 10.9 Å². The summed E-state index contributed by atoms with van der Waals surface area (Å²) in [6.07, 6.45) is 5.29. The number of amides is 1. The van der Waals surface area contributed by atoms with Gasteiger partial charge in [-0.3, -0.25) is 9.59 Å². The third-order valence-corrected chi connectivity index (χ3v) is 5.73. The van der Waals surface area contributed by atoms with E-state index >= 15 is 0 Å². The van der Waals surface area contributed by atoms with E-state index in [0.29, 0.717) is 18.5 Å². The van der Waals surface area contributed by atoms with Crippen LogP contribution in [0.4, 0.5) is 0 Å². The lowest BCUT2D eigenvalue weighted by Crippen LogP contribution is -2.26. The highest BCUT2D eigenvalue weighted by Gasteiger charge is 2.18. The Bertz CT molecular complexity index is 1120. The normalized spacial score (nSPS) is 13.0. The number of carbonyl (C=O) groups is 1. The van der Waals surface area contributed by atoms with E-state index in [2.05, 4.69) is 40.6 Å². The van der Waals surface area contributed by atoms with Crippen LogP contribution in [0.5, 0.6) is 0 Å². The molecule has 1 aliphatic carbocycles. The number of aryl methyl sites for hydroxylation is 1. The maximum Gasteiger partial charge on any atom is 0.267 e. The third-order valence-electron chi connectivity index (χ3n) is 5.73. The largest absolute Gasteiger partial charge is 0.352 e. The second-order valence-electron chi connectivity index (χ2n) is 8.04. The highest BCUT2D eigenvalue weighted by Crippen LogP contribution is 2.22. The van der Waals surface area contributed by atoms with Crippen LogP contribution in [0, 0.1) is 6.92 Å². The van der Waals surface area contributed by atoms with E-state index in [0.717, 1.165) is 54.5 Å². The molecular formula is C25H27N3O2. The highest BCUT2D eigenvalue weighted by molar-refractivity contribution is 5.94. The average molecular weight is 402 g/mol. The molecule has 0 saturated heterocycles. The fourth-order valence-electron chi connectivity index (χ4n) is 4.18. The summed E-state index contributed by atoms with van der Waals surface area (Å²) in [4.78, 5) is 24.7. The Morgan fingerprint density at radius 3 is 2.63 bits per heavy atom. The van der Waals surface area contributed by atoms with E-state index in [1.807, 2.05) is 30.3 Å². The van der Waals surface area contributed by atoms with Crippen LogP contribution in [0.2, 0.25) is 0 Å². The fraction of sp³-hybridized carbons (Fsp3) is 0.320. The molecule has 0 spiro atoms. The zero-order valence-electron chi connectivity index (χ0n) is 17.3. The molecule has 1 aromatic heterocycles. The van der Waals surface area contributed by atoms with Crippen molar-refractivity contribution in [1.82, 2.24) is 15.5 Å². The number of fused-ring (bicyclic) bond motifs is 1. The van der Waals surface area contributed by atoms with E-state index < -0.39 is 0 Å². The quantitative estimate of drug-likeness (QED) is 0.664. The zero-order valence-corrected chi connectivity index (χ0v) is 17.3. The predicted molar refractivity (Wildman–Crippen MR) is 118 cm³/mol. The van der Waals surface area contributed by atoms with Gasteiger partial charge in [0.2, 0.25) is 0 Å². The van der Waals surface area contributed by atoms with Crippen LogP contribution in [0.25, 0.3) is 0 Å². The SMILES string of the molecule is Cc1cccc(CCNC(=O)c2cccc(Cc3n[nH]c(=O)c4c3CCCC4)c2)c1. The summed E-state index contributed by atoms with van der Waals surface area (Å²) in [5.74, 6) is -0.0686. The first kappa shape index (κ1) is 20.1. The number of nitrogens with one attached hydrogen (secondary N) is 2. The molecule has 0 radical (unpaired) electrons. The Morgan fingerprint density at radius 1 is 1.03 bits per heavy atom. The molecule has 0 bridgehead atoms. The summed E-state index contributed by atoms with van der Waals surface area (Å²) in [6.45, 7) is 2.67. The first-order valence-corrected chi connectivity index (χ1v) is 10.6. The van der Waals surface area contributed by atoms with Gasteiger partial charge in [-0.25, -0.2) is 5.10 Å². The van der Waals surface area contributed by atoms with Crippen molar-refractivity contribution in [3.63, 3.8) is 0 Å². The summed E-state index contributed by atoms with van der Waals surface area (Å²) < 4.78 is 0. The molecule has 0 unspecified atom stereocenters. The average Bonchev–Trinajstić information content (AvgIpc) is 2.76. The van der Waals surface area contributed by atoms with E-state index in [-0.39, 0.29) is 11.5 Å². The van der Waals surface area contributed by atoms with Gasteiger partial charge in [-0.15, -0.1) is 0 Å². The second kappa shape index (κ2) is 9.08. The summed E-state index contributed by atoms with van der Waals surface area (Å²) in [5.41, 5.74) is 6.96. The van der Waals surface area contributed by atoms with Gasteiger partial charge >= 0.3 is 0 Å². The predicted octanol–water partition coefficient (Wildman–Crippen LogP) is 3.52. The molecule has 5 nitrogen and oxygen atoms in total. The van der Waals surface area contributed by atoms with E-state index in [9.17, 15) is 9.59 Å². The van der Waals surface area contributed by atoms with Gasteiger partial charge < -0.3 is 5.32 Å². The minimum Gasteiger partial charge on any atom is -0.352 e. The molecule has 5 heteroatoms. The summed E-state index contributed by atoms with van der Waals surface area (Å²) in [6, 6.07) is 16.0. The van der Waals surface area contributed by atoms with Crippen molar-refractivity contribution in [2.24, 2.45) is 0 Å². The molecule has 0 atom stereocenters. The molecule has 2 N–H and O–H groups in total. The van der Waals surface area contributed by atoms with Gasteiger partial charge in [-0.2, -0.15) is 5.10 Å². The second-order valence-corrected chi connectivity index (χ2v) is 8.04. The lowest BCUT2D eigenvalue weighted by Gasteiger charge is -2.17. The molecule has 2 aromatic carbocycles. The topological polar surface area (TPSA) is 74.8 Å². The van der Waals surface area contributed by atoms with Crippen LogP contribution in [-0.2, 0) is 25.7 Å². The summed E-state index contributed by atoms with van der Waals surface area (Å²) in [7, 11) is 0. The fourth-order valence-corrected chi connectivity index (χ4v) is 4.18. The number of aromatic nitrogens is 2. The number of benzene rings is 2. The smallest absolute Gasteiger partial charge is 0.267 e. The number of H-pyrrole nitrogens is 1. The zero-order chi connectivity index (χ0) is 20.9. The van der Waals surface area contributed by atoms with Crippen molar-refractivity contribution in [2.75, 3.05) is 6.54 Å². The van der Waals surface area contributed by atoms with Crippen molar-refractivity contribution in [3.8, 4) is 0 Å². The molecule has 154 valence electrons. The number of hydrogen-bond donors (Lipinski definition) is 2. The number of rotatable bonds is 6. The highest BCUT2D eigenvalue weighted by atomic mass is 16.1. The van der Waals surface area contributed by atoms with Gasteiger partial charge in [0.15, 0.2) is 0 Å². The number of aromatic amines is 1. The van der Waals surface area contributed by atoms with E-state index in [1.165, 1.54) is 11.1 Å². The number of carbonyl (C=O) groups excluding carboxylic acids is 1. The van der Waals surface area contributed by atoms with Crippen LogP contribution in [-0.4, -0.2) is 22.6 Å². The van der Waals surface area contributed by atoms with Gasteiger partial charge in [-0.1, -0.05) is 42.0 Å².